The summed E-state index contributed by atoms with van der Waals surface area (Å²) in [5, 5.41) is 20.7. The van der Waals surface area contributed by atoms with Crippen molar-refractivity contribution in [1.29, 1.82) is 0 Å². The van der Waals surface area contributed by atoms with Crippen LogP contribution in [0, 0.1) is 0 Å². The number of benzene rings is 4. The van der Waals surface area contributed by atoms with Crippen molar-refractivity contribution in [1.82, 2.24) is 0 Å². The summed E-state index contributed by atoms with van der Waals surface area (Å²) in [4.78, 5) is 13.1. The lowest BCUT2D eigenvalue weighted by Crippen LogP contribution is -2.34. The number of carbonyl (C=O) groups is 1. The molecule has 2 heterocycles. The Balaban J connectivity index is 1.25. The van der Waals surface area contributed by atoms with Gasteiger partial charge >= 0.3 is 5.97 Å². The van der Waals surface area contributed by atoms with Gasteiger partial charge in [0.15, 0.2) is 5.60 Å². The van der Waals surface area contributed by atoms with Crippen LogP contribution in [0.1, 0.15) is 38.2 Å². The summed E-state index contributed by atoms with van der Waals surface area (Å²) in [5.41, 5.74) is 2.92. The van der Waals surface area contributed by atoms with Gasteiger partial charge in [-0.15, -0.1) is 11.6 Å². The molecule has 6 rings (SSSR count). The minimum atomic E-state index is -1.30. The topological polar surface area (TPSA) is 94.5 Å². The molecule has 0 aliphatic carbocycles. The largest absolute Gasteiger partial charge is 0.508 e. The van der Waals surface area contributed by atoms with Gasteiger partial charge in [0, 0.05) is 29.1 Å². The summed E-state index contributed by atoms with van der Waals surface area (Å²) >= 11 is 5.79. The predicted molar refractivity (Wildman–Crippen MR) is 149 cm³/mol. The molecular weight excluding hydrogens is 532 g/mol. The zero-order valence-corrected chi connectivity index (χ0v) is 22.3. The first-order chi connectivity index (χ1) is 19.5. The fourth-order valence-electron chi connectivity index (χ4n) is 5.44. The highest BCUT2D eigenvalue weighted by molar-refractivity contribution is 6.18. The second-order valence-corrected chi connectivity index (χ2v) is 10.0. The summed E-state index contributed by atoms with van der Waals surface area (Å²) in [6.07, 6.45) is 1.23. The summed E-state index contributed by atoms with van der Waals surface area (Å²) in [5.74, 6) is 1.59. The maximum absolute atomic E-state index is 13.1. The summed E-state index contributed by atoms with van der Waals surface area (Å²) in [6, 6.07) is 22.9. The molecule has 0 saturated carbocycles. The number of phenols is 2. The van der Waals surface area contributed by atoms with E-state index in [0.29, 0.717) is 71.4 Å². The van der Waals surface area contributed by atoms with Crippen molar-refractivity contribution in [3.05, 3.63) is 112 Å². The Labute approximate surface area is 236 Å². The number of alkyl halides is 1. The summed E-state index contributed by atoms with van der Waals surface area (Å²) < 4.78 is 24.0. The van der Waals surface area contributed by atoms with Crippen LogP contribution in [-0.4, -0.2) is 41.9 Å². The number of hydrogen-bond donors (Lipinski definition) is 2. The molecule has 2 N–H and O–H groups in total. The van der Waals surface area contributed by atoms with Crippen molar-refractivity contribution in [3.63, 3.8) is 0 Å². The fourth-order valence-corrected chi connectivity index (χ4v) is 5.66. The van der Waals surface area contributed by atoms with Gasteiger partial charge < -0.3 is 29.2 Å². The molecule has 1 unspecified atom stereocenters. The highest BCUT2D eigenvalue weighted by Gasteiger charge is 2.54. The standard InChI is InChI=1S/C32H27ClO7/c33-13-11-20-5-8-24(9-6-20)38-16-15-37-14-12-21-17-23(35)19-29-30(21)32(27-10-7-22(34)18-28(27)39-29)26-4-2-1-3-25(26)31(36)40-32/h1-10,17-19,34-35H,11-16H2. The van der Waals surface area contributed by atoms with Gasteiger partial charge in [-0.1, -0.05) is 30.3 Å². The monoisotopic (exact) mass is 558 g/mol. The van der Waals surface area contributed by atoms with Crippen molar-refractivity contribution in [3.8, 4) is 28.7 Å². The first-order valence-electron chi connectivity index (χ1n) is 13.1. The molecule has 0 saturated heterocycles. The molecule has 1 spiro atoms. The maximum atomic E-state index is 13.1. The van der Waals surface area contributed by atoms with Crippen LogP contribution in [0.25, 0.3) is 0 Å². The van der Waals surface area contributed by atoms with Gasteiger partial charge in [-0.25, -0.2) is 4.79 Å². The average Bonchev–Trinajstić information content (AvgIpc) is 3.23. The number of halogens is 1. The zero-order chi connectivity index (χ0) is 27.7. The van der Waals surface area contributed by atoms with Gasteiger partial charge in [-0.05, 0) is 60.4 Å². The van der Waals surface area contributed by atoms with Crippen LogP contribution >= 0.6 is 11.6 Å². The van der Waals surface area contributed by atoms with Crippen molar-refractivity contribution >= 4 is 17.6 Å². The molecule has 204 valence electrons. The van der Waals surface area contributed by atoms with Gasteiger partial charge in [0.05, 0.1) is 24.3 Å². The van der Waals surface area contributed by atoms with E-state index in [1.165, 1.54) is 12.1 Å². The van der Waals surface area contributed by atoms with Gasteiger partial charge in [0.1, 0.15) is 35.4 Å². The molecule has 0 radical (unpaired) electrons. The van der Waals surface area contributed by atoms with Crippen LogP contribution in [0.4, 0.5) is 0 Å². The average molecular weight is 559 g/mol. The van der Waals surface area contributed by atoms with E-state index < -0.39 is 11.6 Å². The number of aryl methyl sites for hydroxylation is 1. The van der Waals surface area contributed by atoms with E-state index in [0.717, 1.165) is 17.7 Å². The Hall–Kier alpha value is -4.20. The number of ether oxygens (including phenoxy) is 4. The van der Waals surface area contributed by atoms with Crippen LogP contribution in [0.3, 0.4) is 0 Å². The Morgan fingerprint density at radius 2 is 1.60 bits per heavy atom. The third kappa shape index (κ3) is 4.61. The molecule has 40 heavy (non-hydrogen) atoms. The number of aromatic hydroxyl groups is 2. The van der Waals surface area contributed by atoms with E-state index in [-0.39, 0.29) is 11.5 Å². The van der Waals surface area contributed by atoms with Gasteiger partial charge in [0.25, 0.3) is 0 Å². The maximum Gasteiger partial charge on any atom is 0.340 e. The van der Waals surface area contributed by atoms with Crippen LogP contribution in [0.2, 0.25) is 0 Å². The molecule has 7 nitrogen and oxygen atoms in total. The first-order valence-corrected chi connectivity index (χ1v) is 13.6. The molecular formula is C32H27ClO7. The zero-order valence-electron chi connectivity index (χ0n) is 21.6. The van der Waals surface area contributed by atoms with Crippen molar-refractivity contribution in [2.24, 2.45) is 0 Å². The number of carbonyl (C=O) groups excluding carboxylic acids is 1. The lowest BCUT2D eigenvalue weighted by Gasteiger charge is -2.38. The number of esters is 1. The normalized spacial score (nSPS) is 16.6. The minimum Gasteiger partial charge on any atom is -0.508 e. The lowest BCUT2D eigenvalue weighted by atomic mass is 9.75. The van der Waals surface area contributed by atoms with Crippen LogP contribution < -0.4 is 9.47 Å². The number of rotatable bonds is 9. The molecule has 4 aromatic carbocycles. The van der Waals surface area contributed by atoms with E-state index in [4.69, 9.17) is 30.5 Å². The Morgan fingerprint density at radius 3 is 2.42 bits per heavy atom. The van der Waals surface area contributed by atoms with Crippen LogP contribution in [0.15, 0.2) is 78.9 Å². The molecule has 1 atom stereocenters. The Morgan fingerprint density at radius 1 is 0.800 bits per heavy atom. The number of fused-ring (bicyclic) bond motifs is 6. The fraction of sp³-hybridized carbons (Fsp3) is 0.219. The molecule has 0 fully saturated rings. The lowest BCUT2D eigenvalue weighted by molar-refractivity contribution is 0.0220. The smallest absolute Gasteiger partial charge is 0.340 e. The predicted octanol–water partition coefficient (Wildman–Crippen LogP) is 6.09. The molecule has 0 aromatic heterocycles. The van der Waals surface area contributed by atoms with E-state index in [9.17, 15) is 15.0 Å². The number of hydrogen-bond acceptors (Lipinski definition) is 7. The van der Waals surface area contributed by atoms with Crippen molar-refractivity contribution in [2.45, 2.75) is 18.4 Å². The van der Waals surface area contributed by atoms with E-state index in [1.54, 1.807) is 30.3 Å². The third-order valence-electron chi connectivity index (χ3n) is 7.18. The molecule has 0 bridgehead atoms. The minimum absolute atomic E-state index is 0.00561. The van der Waals surface area contributed by atoms with Gasteiger partial charge in [-0.2, -0.15) is 0 Å². The second-order valence-electron chi connectivity index (χ2n) is 9.67. The summed E-state index contributed by atoms with van der Waals surface area (Å²) in [6.45, 7) is 1.08. The molecule has 0 amide bonds. The second kappa shape index (κ2) is 10.8. The Bertz CT molecular complexity index is 1570. The van der Waals surface area contributed by atoms with Crippen molar-refractivity contribution in [2.75, 3.05) is 25.7 Å². The van der Waals surface area contributed by atoms with Crippen molar-refractivity contribution < 1.29 is 34.0 Å². The van der Waals surface area contributed by atoms with Gasteiger partial charge in [-0.3, -0.25) is 0 Å². The number of phenolic OH excluding ortho intramolecular Hbond substituents is 2. The highest BCUT2D eigenvalue weighted by atomic mass is 35.5. The van der Waals surface area contributed by atoms with E-state index >= 15 is 0 Å². The Kier molecular flexibility index (Phi) is 7.00. The highest BCUT2D eigenvalue weighted by Crippen LogP contribution is 2.58. The molecule has 2 aliphatic rings. The summed E-state index contributed by atoms with van der Waals surface area (Å²) in [7, 11) is 0. The van der Waals surface area contributed by atoms with E-state index in [2.05, 4.69) is 0 Å². The molecule has 8 heteroatoms. The molecule has 2 aliphatic heterocycles. The molecule has 4 aromatic rings. The van der Waals surface area contributed by atoms with E-state index in [1.807, 2.05) is 36.4 Å². The first kappa shape index (κ1) is 26.0. The van der Waals surface area contributed by atoms with Crippen LogP contribution in [-0.2, 0) is 27.9 Å². The quantitative estimate of drug-likeness (QED) is 0.146. The third-order valence-corrected chi connectivity index (χ3v) is 7.36. The van der Waals surface area contributed by atoms with Crippen LogP contribution in [0.5, 0.6) is 28.7 Å². The SMILES string of the molecule is O=C1OC2(c3ccc(O)cc3Oc3cc(O)cc(CCOCCOc4ccc(CCCl)cc4)c32)c2ccccc21. The van der Waals surface area contributed by atoms with Gasteiger partial charge in [0.2, 0.25) is 0 Å².